The van der Waals surface area contributed by atoms with Gasteiger partial charge < -0.3 is 9.84 Å². The summed E-state index contributed by atoms with van der Waals surface area (Å²) in [6.45, 7) is 7.55. The molecule has 0 bridgehead atoms. The zero-order chi connectivity index (χ0) is 17.0. The predicted octanol–water partition coefficient (Wildman–Crippen LogP) is 4.25. The van der Waals surface area contributed by atoms with E-state index in [4.69, 9.17) is 4.74 Å². The van der Waals surface area contributed by atoms with Crippen LogP contribution in [0.15, 0.2) is 42.6 Å². The molecule has 4 nitrogen and oxygen atoms in total. The summed E-state index contributed by atoms with van der Waals surface area (Å²) in [7, 11) is 0. The minimum Gasteiger partial charge on any atom is -0.443 e. The summed E-state index contributed by atoms with van der Waals surface area (Å²) >= 11 is 0. The molecule has 0 spiro atoms. The molecule has 0 aliphatic rings. The van der Waals surface area contributed by atoms with Gasteiger partial charge in [0.05, 0.1) is 6.10 Å². The van der Waals surface area contributed by atoms with Crippen molar-refractivity contribution in [3.05, 3.63) is 59.4 Å². The molecular weight excluding hydrogens is 290 g/mol. The number of carbonyl (C=O) groups is 1. The van der Waals surface area contributed by atoms with Gasteiger partial charge in [-0.1, -0.05) is 29.8 Å². The maximum atomic E-state index is 12.2. The van der Waals surface area contributed by atoms with Gasteiger partial charge in [0.1, 0.15) is 5.60 Å². The van der Waals surface area contributed by atoms with Gasteiger partial charge in [-0.05, 0) is 58.2 Å². The molecule has 1 heterocycles. The first-order valence-electron chi connectivity index (χ1n) is 7.90. The van der Waals surface area contributed by atoms with Gasteiger partial charge in [-0.15, -0.1) is 0 Å². The smallest absolute Gasteiger partial charge is 0.418 e. The van der Waals surface area contributed by atoms with Crippen molar-refractivity contribution in [2.45, 2.75) is 52.2 Å². The van der Waals surface area contributed by atoms with Crippen LogP contribution in [0.5, 0.6) is 0 Å². The molecule has 0 radical (unpaired) electrons. The van der Waals surface area contributed by atoms with Crippen molar-refractivity contribution in [3.8, 4) is 0 Å². The van der Waals surface area contributed by atoms with Crippen LogP contribution in [0.4, 0.5) is 4.79 Å². The van der Waals surface area contributed by atoms with Gasteiger partial charge in [0.25, 0.3) is 0 Å². The van der Waals surface area contributed by atoms with Crippen molar-refractivity contribution in [1.82, 2.24) is 4.57 Å². The molecule has 124 valence electrons. The topological polar surface area (TPSA) is 51.5 Å². The molecule has 0 aliphatic heterocycles. The largest absolute Gasteiger partial charge is 0.443 e. The molecule has 1 aromatic heterocycles. The average Bonchev–Trinajstić information content (AvgIpc) is 2.92. The third-order valence-corrected chi connectivity index (χ3v) is 3.56. The monoisotopic (exact) mass is 315 g/mol. The van der Waals surface area contributed by atoms with E-state index in [0.29, 0.717) is 12.8 Å². The van der Waals surface area contributed by atoms with Gasteiger partial charge in [-0.3, -0.25) is 4.57 Å². The Morgan fingerprint density at radius 3 is 2.48 bits per heavy atom. The number of carbonyl (C=O) groups excluding carboxylic acids is 1. The lowest BCUT2D eigenvalue weighted by Crippen LogP contribution is -2.27. The van der Waals surface area contributed by atoms with Crippen molar-refractivity contribution >= 4 is 6.09 Å². The first kappa shape index (κ1) is 17.3. The van der Waals surface area contributed by atoms with Crippen LogP contribution in [0.3, 0.4) is 0 Å². The fourth-order valence-electron chi connectivity index (χ4n) is 2.35. The Kier molecular flexibility index (Phi) is 5.26. The van der Waals surface area contributed by atoms with Crippen LogP contribution in [-0.2, 0) is 11.2 Å². The van der Waals surface area contributed by atoms with Crippen LogP contribution in [0.25, 0.3) is 0 Å². The minimum atomic E-state index is -0.544. The molecule has 2 aromatic rings. The second kappa shape index (κ2) is 7.01. The fraction of sp³-hybridized carbons (Fsp3) is 0.421. The third kappa shape index (κ3) is 4.96. The number of ether oxygens (including phenoxy) is 1. The molecule has 1 unspecified atom stereocenters. The Balaban J connectivity index is 2.00. The highest BCUT2D eigenvalue weighted by atomic mass is 16.6. The minimum absolute atomic E-state index is 0.387. The molecule has 1 aromatic carbocycles. The van der Waals surface area contributed by atoms with Crippen LogP contribution < -0.4 is 0 Å². The molecule has 2 rings (SSSR count). The lowest BCUT2D eigenvalue weighted by Gasteiger charge is -2.20. The van der Waals surface area contributed by atoms with Crippen molar-refractivity contribution in [2.24, 2.45) is 0 Å². The Morgan fingerprint density at radius 1 is 1.22 bits per heavy atom. The van der Waals surface area contributed by atoms with E-state index in [1.807, 2.05) is 64.1 Å². The quantitative estimate of drug-likeness (QED) is 0.918. The maximum absolute atomic E-state index is 12.2. The maximum Gasteiger partial charge on any atom is 0.418 e. The number of aliphatic hydroxyl groups excluding tert-OH is 1. The van der Waals surface area contributed by atoms with Gasteiger partial charge in [-0.25, -0.2) is 4.79 Å². The van der Waals surface area contributed by atoms with E-state index in [0.717, 1.165) is 11.3 Å². The highest BCUT2D eigenvalue weighted by Gasteiger charge is 2.19. The number of benzene rings is 1. The summed E-state index contributed by atoms with van der Waals surface area (Å²) in [6.07, 6.45) is 1.92. The lowest BCUT2D eigenvalue weighted by molar-refractivity contribution is 0.0531. The first-order chi connectivity index (χ1) is 10.8. The zero-order valence-corrected chi connectivity index (χ0v) is 14.2. The number of hydrogen-bond acceptors (Lipinski definition) is 3. The van der Waals surface area contributed by atoms with E-state index in [1.54, 1.807) is 6.20 Å². The van der Waals surface area contributed by atoms with Crippen LogP contribution >= 0.6 is 0 Å². The Bertz CT molecular complexity index is 650. The summed E-state index contributed by atoms with van der Waals surface area (Å²) < 4.78 is 6.90. The van der Waals surface area contributed by atoms with E-state index in [9.17, 15) is 9.90 Å². The van der Waals surface area contributed by atoms with Crippen molar-refractivity contribution in [1.29, 1.82) is 0 Å². The predicted molar refractivity (Wildman–Crippen MR) is 90.5 cm³/mol. The van der Waals surface area contributed by atoms with Gasteiger partial charge in [-0.2, -0.15) is 0 Å². The number of aryl methyl sites for hydroxylation is 2. The van der Waals surface area contributed by atoms with Crippen molar-refractivity contribution in [2.75, 3.05) is 0 Å². The molecular formula is C19H25NO3. The SMILES string of the molecule is Cc1ccc(C(O)CCc2cccn2C(=O)OC(C)(C)C)cc1. The van der Waals surface area contributed by atoms with Crippen molar-refractivity contribution < 1.29 is 14.6 Å². The number of nitrogens with zero attached hydrogens (tertiary/aromatic N) is 1. The Morgan fingerprint density at radius 2 is 1.87 bits per heavy atom. The Hall–Kier alpha value is -2.07. The van der Waals surface area contributed by atoms with Crippen LogP contribution in [0, 0.1) is 6.92 Å². The highest BCUT2D eigenvalue weighted by molar-refractivity contribution is 5.72. The molecule has 1 atom stereocenters. The number of hydrogen-bond donors (Lipinski definition) is 1. The van der Waals surface area contributed by atoms with Gasteiger partial charge in [0.2, 0.25) is 0 Å². The Labute approximate surface area is 137 Å². The average molecular weight is 315 g/mol. The summed E-state index contributed by atoms with van der Waals surface area (Å²) in [5, 5.41) is 10.3. The standard InChI is InChI=1S/C19H25NO3/c1-14-7-9-15(10-8-14)17(21)12-11-16-6-5-13-20(16)18(22)23-19(2,3)4/h5-10,13,17,21H,11-12H2,1-4H3. The van der Waals surface area contributed by atoms with Crippen LogP contribution in [-0.4, -0.2) is 21.4 Å². The molecule has 23 heavy (non-hydrogen) atoms. The summed E-state index contributed by atoms with van der Waals surface area (Å²) in [4.78, 5) is 12.2. The lowest BCUT2D eigenvalue weighted by atomic mass is 10.0. The second-order valence-electron chi connectivity index (χ2n) is 6.82. The summed E-state index contributed by atoms with van der Waals surface area (Å²) in [6, 6.07) is 11.5. The number of aliphatic hydroxyl groups is 1. The zero-order valence-electron chi connectivity index (χ0n) is 14.2. The van der Waals surface area contributed by atoms with E-state index in [1.165, 1.54) is 10.1 Å². The fourth-order valence-corrected chi connectivity index (χ4v) is 2.35. The van der Waals surface area contributed by atoms with Crippen LogP contribution in [0.2, 0.25) is 0 Å². The molecule has 0 amide bonds. The number of rotatable bonds is 4. The molecule has 0 saturated carbocycles. The van der Waals surface area contributed by atoms with Gasteiger partial charge in [0, 0.05) is 11.9 Å². The molecule has 0 saturated heterocycles. The number of aromatic nitrogens is 1. The van der Waals surface area contributed by atoms with E-state index < -0.39 is 11.7 Å². The normalized spacial score (nSPS) is 12.9. The molecule has 1 N–H and O–H groups in total. The summed E-state index contributed by atoms with van der Waals surface area (Å²) in [5.74, 6) is 0. The van der Waals surface area contributed by atoms with Gasteiger partial charge >= 0.3 is 6.09 Å². The summed E-state index contributed by atoms with van der Waals surface area (Å²) in [5.41, 5.74) is 2.37. The van der Waals surface area contributed by atoms with Crippen molar-refractivity contribution in [3.63, 3.8) is 0 Å². The van der Waals surface area contributed by atoms with E-state index in [-0.39, 0.29) is 6.09 Å². The van der Waals surface area contributed by atoms with Crippen LogP contribution in [0.1, 0.15) is 50.1 Å². The first-order valence-corrected chi connectivity index (χ1v) is 7.90. The second-order valence-corrected chi connectivity index (χ2v) is 6.82. The molecule has 4 heteroatoms. The van der Waals surface area contributed by atoms with E-state index >= 15 is 0 Å². The highest BCUT2D eigenvalue weighted by Crippen LogP contribution is 2.20. The van der Waals surface area contributed by atoms with E-state index in [2.05, 4.69) is 0 Å². The molecule has 0 aliphatic carbocycles. The van der Waals surface area contributed by atoms with Gasteiger partial charge in [0.15, 0.2) is 0 Å². The molecule has 0 fully saturated rings. The third-order valence-electron chi connectivity index (χ3n) is 3.56.